The van der Waals surface area contributed by atoms with Gasteiger partial charge in [-0.1, -0.05) is 30.2 Å². The van der Waals surface area contributed by atoms with E-state index >= 15 is 0 Å². The van der Waals surface area contributed by atoms with Crippen molar-refractivity contribution >= 4 is 15.9 Å². The van der Waals surface area contributed by atoms with Gasteiger partial charge in [-0.2, -0.15) is 4.31 Å². The van der Waals surface area contributed by atoms with E-state index in [9.17, 15) is 13.2 Å². The molecule has 2 aliphatic heterocycles. The van der Waals surface area contributed by atoms with Crippen LogP contribution in [0.25, 0.3) is 0 Å². The third kappa shape index (κ3) is 3.20. The average molecular weight is 403 g/mol. The van der Waals surface area contributed by atoms with Crippen LogP contribution in [0.1, 0.15) is 45.1 Å². The molecular formula is C22H30N2O3S. The lowest BCUT2D eigenvalue weighted by Crippen LogP contribution is -2.38. The highest BCUT2D eigenvalue weighted by atomic mass is 32.2. The van der Waals surface area contributed by atoms with Gasteiger partial charge in [0.25, 0.3) is 0 Å². The van der Waals surface area contributed by atoms with Gasteiger partial charge in [0.2, 0.25) is 15.9 Å². The number of nitrogens with zero attached hydrogens (tertiary/aromatic N) is 2. The second-order valence-electron chi connectivity index (χ2n) is 8.93. The first-order chi connectivity index (χ1) is 13.2. The van der Waals surface area contributed by atoms with Crippen LogP contribution in [-0.4, -0.2) is 49.7 Å². The van der Waals surface area contributed by atoms with Crippen LogP contribution in [0.2, 0.25) is 0 Å². The van der Waals surface area contributed by atoms with E-state index in [4.69, 9.17) is 0 Å². The Kier molecular flexibility index (Phi) is 4.91. The summed E-state index contributed by atoms with van der Waals surface area (Å²) in [5.74, 6) is 0.160. The van der Waals surface area contributed by atoms with Crippen LogP contribution in [0.15, 0.2) is 40.3 Å². The normalized spacial score (nSPS) is 28.7. The molecular weight excluding hydrogens is 372 g/mol. The van der Waals surface area contributed by atoms with Crippen LogP contribution < -0.4 is 0 Å². The van der Waals surface area contributed by atoms with Crippen LogP contribution in [0.4, 0.5) is 0 Å². The standard InChI is InChI=1S/C22H30N2O3S/c1-16-6-8-18(9-7-16)28(26,27)24-14-20-17(2)19(10-11-22(20,3)15-24)21(25)23-12-4-5-13-23/h6-9,19H,4-5,10-15H2,1-3H3/t19-,22-/m0/s1. The van der Waals surface area contributed by atoms with E-state index in [0.29, 0.717) is 18.0 Å². The molecule has 0 N–H and O–H groups in total. The number of amides is 1. The van der Waals surface area contributed by atoms with Crippen molar-refractivity contribution in [2.75, 3.05) is 26.2 Å². The Balaban J connectivity index is 1.62. The quantitative estimate of drug-likeness (QED) is 0.729. The highest BCUT2D eigenvalue weighted by Crippen LogP contribution is 2.49. The molecule has 2 saturated heterocycles. The number of rotatable bonds is 3. The molecule has 152 valence electrons. The van der Waals surface area contributed by atoms with Gasteiger partial charge in [-0.3, -0.25) is 4.79 Å². The summed E-state index contributed by atoms with van der Waals surface area (Å²) in [7, 11) is -3.52. The first kappa shape index (κ1) is 19.6. The second kappa shape index (κ2) is 6.99. The second-order valence-corrected chi connectivity index (χ2v) is 10.9. The molecule has 0 unspecified atom stereocenters. The molecule has 2 heterocycles. The molecule has 1 aromatic rings. The summed E-state index contributed by atoms with van der Waals surface area (Å²) < 4.78 is 28.0. The molecule has 0 radical (unpaired) electrons. The number of sulfonamides is 1. The maximum atomic E-state index is 13.2. The molecule has 4 rings (SSSR count). The minimum absolute atomic E-state index is 0.0804. The van der Waals surface area contributed by atoms with Gasteiger partial charge < -0.3 is 4.90 Å². The maximum Gasteiger partial charge on any atom is 0.243 e. The molecule has 1 aliphatic carbocycles. The number of carbonyl (C=O) groups is 1. The number of fused-ring (bicyclic) bond motifs is 1. The highest BCUT2D eigenvalue weighted by Gasteiger charge is 2.48. The lowest BCUT2D eigenvalue weighted by Gasteiger charge is -2.36. The van der Waals surface area contributed by atoms with Gasteiger partial charge in [0.1, 0.15) is 0 Å². The van der Waals surface area contributed by atoms with Crippen molar-refractivity contribution in [1.29, 1.82) is 0 Å². The van der Waals surface area contributed by atoms with Crippen LogP contribution in [0.3, 0.4) is 0 Å². The Morgan fingerprint density at radius 1 is 1.11 bits per heavy atom. The van der Waals surface area contributed by atoms with E-state index in [2.05, 4.69) is 6.92 Å². The average Bonchev–Trinajstić information content (AvgIpc) is 3.30. The van der Waals surface area contributed by atoms with E-state index in [-0.39, 0.29) is 17.2 Å². The number of likely N-dealkylation sites (tertiary alicyclic amines) is 1. The van der Waals surface area contributed by atoms with E-state index in [1.807, 2.05) is 30.9 Å². The fourth-order valence-electron chi connectivity index (χ4n) is 5.12. The van der Waals surface area contributed by atoms with Crippen LogP contribution in [0, 0.1) is 18.3 Å². The third-order valence-electron chi connectivity index (χ3n) is 6.95. The van der Waals surface area contributed by atoms with Gasteiger partial charge in [0, 0.05) is 31.6 Å². The maximum absolute atomic E-state index is 13.2. The van der Waals surface area contributed by atoms with E-state index in [0.717, 1.165) is 55.5 Å². The minimum atomic E-state index is -3.52. The lowest BCUT2D eigenvalue weighted by molar-refractivity contribution is -0.133. The Bertz CT molecular complexity index is 914. The van der Waals surface area contributed by atoms with Crippen molar-refractivity contribution in [1.82, 2.24) is 9.21 Å². The van der Waals surface area contributed by atoms with Crippen LogP contribution in [0.5, 0.6) is 0 Å². The molecule has 3 aliphatic rings. The summed E-state index contributed by atoms with van der Waals surface area (Å²) in [6.45, 7) is 8.79. The molecule has 2 atom stereocenters. The highest BCUT2D eigenvalue weighted by molar-refractivity contribution is 7.89. The fraction of sp³-hybridized carbons (Fsp3) is 0.591. The molecule has 0 spiro atoms. The predicted molar refractivity (Wildman–Crippen MR) is 109 cm³/mol. The largest absolute Gasteiger partial charge is 0.342 e. The smallest absolute Gasteiger partial charge is 0.243 e. The lowest BCUT2D eigenvalue weighted by atomic mass is 9.69. The third-order valence-corrected chi connectivity index (χ3v) is 8.75. The van der Waals surface area contributed by atoms with E-state index in [1.165, 1.54) is 0 Å². The number of hydrogen-bond donors (Lipinski definition) is 0. The first-order valence-corrected chi connectivity index (χ1v) is 11.7. The Morgan fingerprint density at radius 2 is 1.75 bits per heavy atom. The summed E-state index contributed by atoms with van der Waals surface area (Å²) in [6, 6.07) is 7.06. The zero-order chi connectivity index (χ0) is 20.1. The van der Waals surface area contributed by atoms with Crippen molar-refractivity contribution in [3.05, 3.63) is 41.0 Å². The molecule has 1 amide bonds. The number of hydrogen-bond acceptors (Lipinski definition) is 3. The van der Waals surface area contributed by atoms with Gasteiger partial charge in [-0.25, -0.2) is 8.42 Å². The summed E-state index contributed by atoms with van der Waals surface area (Å²) in [5, 5.41) is 0. The molecule has 0 saturated carbocycles. The minimum Gasteiger partial charge on any atom is -0.342 e. The number of carbonyl (C=O) groups excluding carboxylic acids is 1. The van der Waals surface area contributed by atoms with Crippen molar-refractivity contribution in [2.24, 2.45) is 11.3 Å². The summed E-state index contributed by atoms with van der Waals surface area (Å²) in [5.41, 5.74) is 3.14. The first-order valence-electron chi connectivity index (χ1n) is 10.3. The van der Waals surface area contributed by atoms with Crippen molar-refractivity contribution in [3.63, 3.8) is 0 Å². The van der Waals surface area contributed by atoms with Gasteiger partial charge in [-0.05, 0) is 57.2 Å². The summed E-state index contributed by atoms with van der Waals surface area (Å²) in [6.07, 6.45) is 3.87. The zero-order valence-electron chi connectivity index (χ0n) is 17.1. The number of benzene rings is 1. The molecule has 2 fully saturated rings. The molecule has 6 heteroatoms. The molecule has 0 bridgehead atoms. The molecule has 0 aromatic heterocycles. The van der Waals surface area contributed by atoms with E-state index in [1.54, 1.807) is 16.4 Å². The Hall–Kier alpha value is -1.66. The van der Waals surface area contributed by atoms with Gasteiger partial charge >= 0.3 is 0 Å². The Morgan fingerprint density at radius 3 is 2.39 bits per heavy atom. The van der Waals surface area contributed by atoms with Crippen molar-refractivity contribution < 1.29 is 13.2 Å². The fourth-order valence-corrected chi connectivity index (χ4v) is 6.66. The zero-order valence-corrected chi connectivity index (χ0v) is 17.9. The van der Waals surface area contributed by atoms with Crippen molar-refractivity contribution in [3.8, 4) is 0 Å². The monoisotopic (exact) mass is 402 g/mol. The molecule has 1 aromatic carbocycles. The van der Waals surface area contributed by atoms with E-state index < -0.39 is 10.0 Å². The van der Waals surface area contributed by atoms with Crippen molar-refractivity contribution in [2.45, 2.75) is 51.3 Å². The summed E-state index contributed by atoms with van der Waals surface area (Å²) >= 11 is 0. The van der Waals surface area contributed by atoms with Gasteiger partial charge in [0.05, 0.1) is 10.8 Å². The molecule has 28 heavy (non-hydrogen) atoms. The Labute approximate surface area is 168 Å². The SMILES string of the molecule is CC1=C2CN(S(=O)(=O)c3ccc(C)cc3)C[C@]2(C)CC[C@@H]1C(=O)N1CCCC1. The van der Waals surface area contributed by atoms with Crippen LogP contribution in [-0.2, 0) is 14.8 Å². The number of aryl methyl sites for hydroxylation is 1. The molecule has 5 nitrogen and oxygen atoms in total. The predicted octanol–water partition coefficient (Wildman–Crippen LogP) is 3.35. The van der Waals surface area contributed by atoms with Gasteiger partial charge in [-0.15, -0.1) is 0 Å². The van der Waals surface area contributed by atoms with Gasteiger partial charge in [0.15, 0.2) is 0 Å². The topological polar surface area (TPSA) is 57.7 Å². The van der Waals surface area contributed by atoms with Crippen LogP contribution >= 0.6 is 0 Å². The summed E-state index contributed by atoms with van der Waals surface area (Å²) in [4.78, 5) is 15.3.